The fourth-order valence-corrected chi connectivity index (χ4v) is 2.41. The topological polar surface area (TPSA) is 119 Å². The zero-order valence-corrected chi connectivity index (χ0v) is 14.5. The number of halogens is 1. The molecular formula is C17H23FN6O. The van der Waals surface area contributed by atoms with Crippen LogP contribution in [0.2, 0.25) is 0 Å². The number of amides is 1. The minimum Gasteiger partial charge on any atom is -0.365 e. The number of anilines is 3. The van der Waals surface area contributed by atoms with Crippen LogP contribution in [0.4, 0.5) is 21.7 Å². The Hall–Kier alpha value is -2.74. The van der Waals surface area contributed by atoms with Gasteiger partial charge < -0.3 is 22.1 Å². The molecule has 2 heterocycles. The SMILES string of the molecule is CC[C@@H](Nc1nc(Nc2cncc(C)c2)c(C(N)=O)cc1F)[C@H](C)N. The molecule has 0 saturated heterocycles. The highest BCUT2D eigenvalue weighted by Gasteiger charge is 2.19. The first-order valence-electron chi connectivity index (χ1n) is 8.03. The van der Waals surface area contributed by atoms with Crippen LogP contribution in [0.15, 0.2) is 24.5 Å². The Morgan fingerprint density at radius 3 is 2.60 bits per heavy atom. The minimum absolute atomic E-state index is 0.0114. The van der Waals surface area contributed by atoms with Crippen LogP contribution in [0.25, 0.3) is 0 Å². The Labute approximate surface area is 146 Å². The summed E-state index contributed by atoms with van der Waals surface area (Å²) in [5, 5.41) is 5.95. The molecule has 0 aliphatic carbocycles. The number of carbonyl (C=O) groups excluding carboxylic acids is 1. The number of nitrogens with one attached hydrogen (secondary N) is 2. The van der Waals surface area contributed by atoms with E-state index in [0.29, 0.717) is 12.1 Å². The molecule has 6 N–H and O–H groups in total. The van der Waals surface area contributed by atoms with E-state index in [1.54, 1.807) is 12.4 Å². The molecule has 2 atom stereocenters. The molecule has 7 nitrogen and oxygen atoms in total. The lowest BCUT2D eigenvalue weighted by Crippen LogP contribution is -2.38. The van der Waals surface area contributed by atoms with Crippen LogP contribution in [0, 0.1) is 12.7 Å². The first kappa shape index (κ1) is 18.6. The smallest absolute Gasteiger partial charge is 0.252 e. The van der Waals surface area contributed by atoms with Crippen molar-refractivity contribution in [2.75, 3.05) is 10.6 Å². The lowest BCUT2D eigenvalue weighted by Gasteiger charge is -2.22. The van der Waals surface area contributed by atoms with Crippen molar-refractivity contribution in [1.82, 2.24) is 9.97 Å². The molecule has 2 aromatic rings. The number of pyridine rings is 2. The van der Waals surface area contributed by atoms with Gasteiger partial charge >= 0.3 is 0 Å². The monoisotopic (exact) mass is 346 g/mol. The fourth-order valence-electron chi connectivity index (χ4n) is 2.41. The number of aromatic nitrogens is 2. The summed E-state index contributed by atoms with van der Waals surface area (Å²) in [4.78, 5) is 19.9. The Bertz CT molecular complexity index is 765. The number of primary amides is 1. The van der Waals surface area contributed by atoms with Gasteiger partial charge in [0.15, 0.2) is 11.6 Å². The largest absolute Gasteiger partial charge is 0.365 e. The normalized spacial score (nSPS) is 13.2. The van der Waals surface area contributed by atoms with Crippen LogP contribution in [0.5, 0.6) is 0 Å². The predicted octanol–water partition coefficient (Wildman–Crippen LogP) is 2.30. The van der Waals surface area contributed by atoms with E-state index in [1.165, 1.54) is 0 Å². The molecule has 0 spiro atoms. The van der Waals surface area contributed by atoms with Crippen molar-refractivity contribution in [2.45, 2.75) is 39.3 Å². The van der Waals surface area contributed by atoms with E-state index in [4.69, 9.17) is 11.5 Å². The van der Waals surface area contributed by atoms with Crippen molar-refractivity contribution in [3.63, 3.8) is 0 Å². The Morgan fingerprint density at radius 1 is 1.32 bits per heavy atom. The summed E-state index contributed by atoms with van der Waals surface area (Å²) in [5.41, 5.74) is 12.7. The molecule has 0 aromatic carbocycles. The number of nitrogens with two attached hydrogens (primary N) is 2. The molecule has 134 valence electrons. The summed E-state index contributed by atoms with van der Waals surface area (Å²) < 4.78 is 14.3. The zero-order chi connectivity index (χ0) is 18.6. The van der Waals surface area contributed by atoms with Crippen LogP contribution in [0.3, 0.4) is 0 Å². The Balaban J connectivity index is 2.42. The molecule has 0 aliphatic rings. The first-order valence-corrected chi connectivity index (χ1v) is 8.03. The van der Waals surface area contributed by atoms with Crippen LogP contribution in [0.1, 0.15) is 36.2 Å². The summed E-state index contributed by atoms with van der Waals surface area (Å²) in [7, 11) is 0. The molecule has 0 bridgehead atoms. The maximum absolute atomic E-state index is 14.3. The molecule has 0 radical (unpaired) electrons. The van der Waals surface area contributed by atoms with E-state index in [0.717, 1.165) is 11.6 Å². The number of nitrogens with zero attached hydrogens (tertiary/aromatic N) is 2. The Kier molecular flexibility index (Phi) is 5.87. The molecular weight excluding hydrogens is 323 g/mol. The number of carbonyl (C=O) groups is 1. The van der Waals surface area contributed by atoms with Gasteiger partial charge in [-0.3, -0.25) is 9.78 Å². The van der Waals surface area contributed by atoms with Crippen LogP contribution < -0.4 is 22.1 Å². The summed E-state index contributed by atoms with van der Waals surface area (Å²) in [6, 6.07) is 2.54. The van der Waals surface area contributed by atoms with Gasteiger partial charge in [-0.1, -0.05) is 6.92 Å². The second-order valence-corrected chi connectivity index (χ2v) is 5.97. The Morgan fingerprint density at radius 2 is 2.04 bits per heavy atom. The van der Waals surface area contributed by atoms with Crippen molar-refractivity contribution in [2.24, 2.45) is 11.5 Å². The van der Waals surface area contributed by atoms with E-state index in [1.807, 2.05) is 26.8 Å². The maximum Gasteiger partial charge on any atom is 0.252 e. The van der Waals surface area contributed by atoms with Crippen molar-refractivity contribution in [1.29, 1.82) is 0 Å². The average molecular weight is 346 g/mol. The van der Waals surface area contributed by atoms with Gasteiger partial charge in [-0.2, -0.15) is 0 Å². The van der Waals surface area contributed by atoms with E-state index in [-0.39, 0.29) is 29.3 Å². The molecule has 1 amide bonds. The minimum atomic E-state index is -0.778. The van der Waals surface area contributed by atoms with Crippen molar-refractivity contribution in [3.8, 4) is 0 Å². The third-order valence-electron chi connectivity index (χ3n) is 3.78. The summed E-state index contributed by atoms with van der Waals surface area (Å²) >= 11 is 0. The molecule has 0 saturated carbocycles. The number of hydrogen-bond acceptors (Lipinski definition) is 6. The van der Waals surface area contributed by atoms with Gasteiger partial charge in [-0.25, -0.2) is 9.37 Å². The van der Waals surface area contributed by atoms with Gasteiger partial charge in [-0.05, 0) is 38.0 Å². The zero-order valence-electron chi connectivity index (χ0n) is 14.5. The molecule has 25 heavy (non-hydrogen) atoms. The molecule has 2 aromatic heterocycles. The highest BCUT2D eigenvalue weighted by atomic mass is 19.1. The number of hydrogen-bond donors (Lipinski definition) is 4. The third kappa shape index (κ3) is 4.63. The number of aryl methyl sites for hydroxylation is 1. The fraction of sp³-hybridized carbons (Fsp3) is 0.353. The molecule has 8 heteroatoms. The van der Waals surface area contributed by atoms with Crippen LogP contribution in [-0.2, 0) is 0 Å². The van der Waals surface area contributed by atoms with E-state index < -0.39 is 11.7 Å². The molecule has 0 unspecified atom stereocenters. The molecule has 2 rings (SSSR count). The highest BCUT2D eigenvalue weighted by Crippen LogP contribution is 2.24. The van der Waals surface area contributed by atoms with Crippen molar-refractivity contribution >= 4 is 23.2 Å². The number of rotatable bonds is 7. The van der Waals surface area contributed by atoms with Crippen molar-refractivity contribution in [3.05, 3.63) is 41.5 Å². The van der Waals surface area contributed by atoms with Gasteiger partial charge in [0.2, 0.25) is 0 Å². The summed E-state index contributed by atoms with van der Waals surface area (Å²) in [5.74, 6) is -1.28. The molecule has 0 fully saturated rings. The van der Waals surface area contributed by atoms with E-state index in [9.17, 15) is 9.18 Å². The average Bonchev–Trinajstić information content (AvgIpc) is 2.54. The quantitative estimate of drug-likeness (QED) is 0.611. The lowest BCUT2D eigenvalue weighted by atomic mass is 10.1. The highest BCUT2D eigenvalue weighted by molar-refractivity contribution is 5.98. The van der Waals surface area contributed by atoms with Gasteiger partial charge in [-0.15, -0.1) is 0 Å². The molecule has 0 aliphatic heterocycles. The second kappa shape index (κ2) is 7.89. The van der Waals surface area contributed by atoms with Gasteiger partial charge in [0, 0.05) is 18.3 Å². The third-order valence-corrected chi connectivity index (χ3v) is 3.78. The summed E-state index contributed by atoms with van der Waals surface area (Å²) in [6.45, 7) is 5.65. The van der Waals surface area contributed by atoms with E-state index >= 15 is 0 Å². The lowest BCUT2D eigenvalue weighted by molar-refractivity contribution is 0.100. The van der Waals surface area contributed by atoms with E-state index in [2.05, 4.69) is 20.6 Å². The van der Waals surface area contributed by atoms with Gasteiger partial charge in [0.25, 0.3) is 5.91 Å². The van der Waals surface area contributed by atoms with Crippen molar-refractivity contribution < 1.29 is 9.18 Å². The van der Waals surface area contributed by atoms with Crippen LogP contribution in [-0.4, -0.2) is 28.0 Å². The van der Waals surface area contributed by atoms with Crippen LogP contribution >= 0.6 is 0 Å². The summed E-state index contributed by atoms with van der Waals surface area (Å²) in [6.07, 6.45) is 3.97. The van der Waals surface area contributed by atoms with Gasteiger partial charge in [0.05, 0.1) is 17.4 Å². The second-order valence-electron chi connectivity index (χ2n) is 5.97. The standard InChI is InChI=1S/C17H23FN6O/c1-4-14(10(3)19)23-17-13(18)6-12(15(20)25)16(24-17)22-11-5-9(2)7-21-8-11/h5-8,10,14H,4,19H2,1-3H3,(H2,20,25)(H2,22,23,24)/t10-,14+/m0/s1. The predicted molar refractivity (Wildman–Crippen MR) is 96.3 cm³/mol. The first-order chi connectivity index (χ1) is 11.8. The van der Waals surface area contributed by atoms with Gasteiger partial charge in [0.1, 0.15) is 5.82 Å². The maximum atomic E-state index is 14.3.